The van der Waals surface area contributed by atoms with Crippen molar-refractivity contribution in [3.63, 3.8) is 0 Å². The van der Waals surface area contributed by atoms with Gasteiger partial charge in [0.15, 0.2) is 9.84 Å². The van der Waals surface area contributed by atoms with Crippen LogP contribution in [0.25, 0.3) is 0 Å². The summed E-state index contributed by atoms with van der Waals surface area (Å²) in [7, 11) is 0.877. The number of benzene rings is 1. The Balaban J connectivity index is 2.57. The number of sulfone groups is 1. The largest absolute Gasteiger partial charge is 0.307 e. The first-order chi connectivity index (χ1) is 7.93. The third-order valence-electron chi connectivity index (χ3n) is 2.56. The van der Waals surface area contributed by atoms with Crippen molar-refractivity contribution in [3.8, 4) is 0 Å². The highest BCUT2D eigenvalue weighted by molar-refractivity contribution is 7.90. The zero-order valence-electron chi connectivity index (χ0n) is 10.6. The van der Waals surface area contributed by atoms with Crippen LogP contribution in [0.1, 0.15) is 5.56 Å². The summed E-state index contributed by atoms with van der Waals surface area (Å²) >= 11 is 0. The van der Waals surface area contributed by atoms with Crippen molar-refractivity contribution < 1.29 is 8.42 Å². The minimum absolute atomic E-state index is 0.379. The van der Waals surface area contributed by atoms with Crippen LogP contribution in [0.15, 0.2) is 29.2 Å². The van der Waals surface area contributed by atoms with Gasteiger partial charge in [0.05, 0.1) is 4.90 Å². The van der Waals surface area contributed by atoms with E-state index in [1.165, 1.54) is 6.26 Å². The Morgan fingerprint density at radius 1 is 1.24 bits per heavy atom. The minimum atomic E-state index is -3.08. The Hall–Kier alpha value is -0.910. The third kappa shape index (κ3) is 4.85. The van der Waals surface area contributed by atoms with Gasteiger partial charge in [-0.1, -0.05) is 12.1 Å². The number of hydrogen-bond donors (Lipinski definition) is 1. The monoisotopic (exact) mass is 256 g/mol. The van der Waals surface area contributed by atoms with E-state index in [0.29, 0.717) is 4.90 Å². The summed E-state index contributed by atoms with van der Waals surface area (Å²) < 4.78 is 22.6. The van der Waals surface area contributed by atoms with Crippen LogP contribution in [0.3, 0.4) is 0 Å². The average Bonchev–Trinajstić information content (AvgIpc) is 2.26. The summed E-state index contributed by atoms with van der Waals surface area (Å²) in [6.07, 6.45) is 2.14. The molecule has 0 bridgehead atoms. The number of likely N-dealkylation sites (N-methyl/N-ethyl adjacent to an activating group) is 1. The van der Waals surface area contributed by atoms with Gasteiger partial charge in [-0.3, -0.25) is 4.90 Å². The Labute approximate surface area is 104 Å². The van der Waals surface area contributed by atoms with Crippen LogP contribution in [-0.4, -0.2) is 46.9 Å². The highest BCUT2D eigenvalue weighted by Crippen LogP contribution is 2.10. The van der Waals surface area contributed by atoms with E-state index in [0.717, 1.165) is 25.2 Å². The summed E-state index contributed by atoms with van der Waals surface area (Å²) in [5.41, 5.74) is 1.15. The quantitative estimate of drug-likeness (QED) is 0.763. The molecular weight excluding hydrogens is 236 g/mol. The van der Waals surface area contributed by atoms with Gasteiger partial charge < -0.3 is 5.32 Å². The van der Waals surface area contributed by atoms with Crippen LogP contribution in [0.2, 0.25) is 0 Å². The van der Waals surface area contributed by atoms with Crippen LogP contribution >= 0.6 is 0 Å². The van der Waals surface area contributed by atoms with Gasteiger partial charge >= 0.3 is 0 Å². The summed E-state index contributed by atoms with van der Waals surface area (Å²) in [5, 5.41) is 3.08. The molecule has 96 valence electrons. The highest BCUT2D eigenvalue weighted by Gasteiger charge is 2.06. The molecule has 0 spiro atoms. The average molecular weight is 256 g/mol. The van der Waals surface area contributed by atoms with Crippen LogP contribution in [0.4, 0.5) is 0 Å². The first kappa shape index (κ1) is 14.2. The van der Waals surface area contributed by atoms with E-state index in [9.17, 15) is 8.42 Å². The van der Waals surface area contributed by atoms with Crippen LogP contribution < -0.4 is 5.32 Å². The van der Waals surface area contributed by atoms with Gasteiger partial charge in [-0.2, -0.15) is 0 Å². The SMILES string of the molecule is CNCN(C)CCc1ccc(S(C)(=O)=O)cc1. The van der Waals surface area contributed by atoms with Crippen LogP contribution in [-0.2, 0) is 16.3 Å². The lowest BCUT2D eigenvalue weighted by Gasteiger charge is -2.15. The molecule has 0 saturated carbocycles. The fourth-order valence-corrected chi connectivity index (χ4v) is 2.20. The zero-order chi connectivity index (χ0) is 12.9. The molecule has 0 aliphatic heterocycles. The lowest BCUT2D eigenvalue weighted by atomic mass is 10.1. The van der Waals surface area contributed by atoms with E-state index in [1.54, 1.807) is 12.1 Å². The zero-order valence-corrected chi connectivity index (χ0v) is 11.4. The Morgan fingerprint density at radius 2 is 1.82 bits per heavy atom. The molecule has 1 N–H and O–H groups in total. The van der Waals surface area contributed by atoms with E-state index in [-0.39, 0.29) is 0 Å². The highest BCUT2D eigenvalue weighted by atomic mass is 32.2. The van der Waals surface area contributed by atoms with Gasteiger partial charge in [-0.05, 0) is 38.2 Å². The van der Waals surface area contributed by atoms with Crippen molar-refractivity contribution in [2.45, 2.75) is 11.3 Å². The summed E-state index contributed by atoms with van der Waals surface area (Å²) in [5.74, 6) is 0. The summed E-state index contributed by atoms with van der Waals surface area (Å²) in [4.78, 5) is 2.55. The van der Waals surface area contributed by atoms with Gasteiger partial charge in [0, 0.05) is 19.5 Å². The van der Waals surface area contributed by atoms with Gasteiger partial charge in [0.25, 0.3) is 0 Å². The summed E-state index contributed by atoms with van der Waals surface area (Å²) in [6.45, 7) is 1.79. The lowest BCUT2D eigenvalue weighted by molar-refractivity contribution is 0.321. The number of nitrogens with one attached hydrogen (secondary N) is 1. The van der Waals surface area contributed by atoms with E-state index in [2.05, 4.69) is 10.2 Å². The van der Waals surface area contributed by atoms with Crippen LogP contribution in [0, 0.1) is 0 Å². The summed E-state index contributed by atoms with van der Waals surface area (Å²) in [6, 6.07) is 7.10. The molecule has 17 heavy (non-hydrogen) atoms. The lowest BCUT2D eigenvalue weighted by Crippen LogP contribution is -2.30. The Bertz CT molecular complexity index is 440. The smallest absolute Gasteiger partial charge is 0.175 e. The predicted octanol–water partition coefficient (Wildman–Crippen LogP) is 0.741. The first-order valence-corrected chi connectivity index (χ1v) is 7.45. The second kappa shape index (κ2) is 6.14. The Morgan fingerprint density at radius 3 is 2.29 bits per heavy atom. The van der Waals surface area contributed by atoms with Crippen molar-refractivity contribution in [1.29, 1.82) is 0 Å². The fraction of sp³-hybridized carbons (Fsp3) is 0.500. The molecule has 0 unspecified atom stereocenters. The Kier molecular flexibility index (Phi) is 5.11. The van der Waals surface area contributed by atoms with Crippen molar-refractivity contribution in [2.24, 2.45) is 0 Å². The molecule has 0 amide bonds. The molecule has 0 heterocycles. The molecule has 5 heteroatoms. The number of nitrogens with zero attached hydrogens (tertiary/aromatic N) is 1. The van der Waals surface area contributed by atoms with E-state index >= 15 is 0 Å². The maximum Gasteiger partial charge on any atom is 0.175 e. The molecule has 4 nitrogen and oxygen atoms in total. The minimum Gasteiger partial charge on any atom is -0.307 e. The van der Waals surface area contributed by atoms with Gasteiger partial charge in [-0.15, -0.1) is 0 Å². The first-order valence-electron chi connectivity index (χ1n) is 5.55. The maximum atomic E-state index is 11.3. The molecule has 1 aromatic rings. The maximum absolute atomic E-state index is 11.3. The normalized spacial score (nSPS) is 12.0. The molecule has 1 rings (SSSR count). The second-order valence-electron chi connectivity index (χ2n) is 4.26. The van der Waals surface area contributed by atoms with Crippen molar-refractivity contribution in [3.05, 3.63) is 29.8 Å². The molecule has 0 atom stereocenters. The molecule has 0 aromatic heterocycles. The molecule has 1 aromatic carbocycles. The van der Waals surface area contributed by atoms with Gasteiger partial charge in [-0.25, -0.2) is 8.42 Å². The molecule has 0 aliphatic carbocycles. The molecule has 0 radical (unpaired) electrons. The molecule has 0 fully saturated rings. The number of rotatable bonds is 6. The van der Waals surface area contributed by atoms with Crippen molar-refractivity contribution in [2.75, 3.05) is 33.6 Å². The van der Waals surface area contributed by atoms with Crippen molar-refractivity contribution in [1.82, 2.24) is 10.2 Å². The topological polar surface area (TPSA) is 49.4 Å². The van der Waals surface area contributed by atoms with E-state index < -0.39 is 9.84 Å². The molecular formula is C12H20N2O2S. The fourth-order valence-electron chi connectivity index (χ4n) is 1.57. The van der Waals surface area contributed by atoms with E-state index in [4.69, 9.17) is 0 Å². The van der Waals surface area contributed by atoms with Crippen LogP contribution in [0.5, 0.6) is 0 Å². The van der Waals surface area contributed by atoms with Crippen molar-refractivity contribution >= 4 is 9.84 Å². The van der Waals surface area contributed by atoms with Gasteiger partial charge in [0.1, 0.15) is 0 Å². The molecule has 0 aliphatic rings. The second-order valence-corrected chi connectivity index (χ2v) is 6.27. The predicted molar refractivity (Wildman–Crippen MR) is 69.8 cm³/mol. The standard InChI is InChI=1S/C12H20N2O2S/c1-13-10-14(2)9-8-11-4-6-12(7-5-11)17(3,15)16/h4-7,13H,8-10H2,1-3H3. The third-order valence-corrected chi connectivity index (χ3v) is 3.69. The number of hydrogen-bond acceptors (Lipinski definition) is 4. The van der Waals surface area contributed by atoms with E-state index in [1.807, 2.05) is 26.2 Å². The molecule has 0 saturated heterocycles. The van der Waals surface area contributed by atoms with Gasteiger partial charge in [0.2, 0.25) is 0 Å².